The van der Waals surface area contributed by atoms with Crippen LogP contribution in [0.5, 0.6) is 0 Å². The maximum absolute atomic E-state index is 12.8. The summed E-state index contributed by atoms with van der Waals surface area (Å²) >= 11 is 0. The number of hydrogen-bond acceptors (Lipinski definition) is 4. The molecule has 31 heavy (non-hydrogen) atoms. The van der Waals surface area contributed by atoms with Gasteiger partial charge in [0.2, 0.25) is 11.8 Å². The molecule has 1 atom stereocenters. The zero-order valence-corrected chi connectivity index (χ0v) is 18.6. The fraction of sp³-hybridized carbons (Fsp3) is 0.250. The molecule has 0 saturated heterocycles. The third-order valence-electron chi connectivity index (χ3n) is 5.05. The fourth-order valence-electron chi connectivity index (χ4n) is 3.38. The van der Waals surface area contributed by atoms with Gasteiger partial charge < -0.3 is 10.6 Å². The highest BCUT2D eigenvalue weighted by molar-refractivity contribution is 7.90. The van der Waals surface area contributed by atoms with Gasteiger partial charge in [-0.2, -0.15) is 0 Å². The second kappa shape index (κ2) is 9.31. The number of rotatable bonds is 7. The van der Waals surface area contributed by atoms with Crippen LogP contribution in [0.1, 0.15) is 19.4 Å². The Kier molecular flexibility index (Phi) is 6.75. The van der Waals surface area contributed by atoms with Gasteiger partial charge in [-0.1, -0.05) is 56.3 Å². The van der Waals surface area contributed by atoms with Crippen molar-refractivity contribution in [1.82, 2.24) is 5.32 Å². The Labute approximate surface area is 182 Å². The van der Waals surface area contributed by atoms with Crippen LogP contribution in [0.25, 0.3) is 10.8 Å². The number of amides is 2. The highest BCUT2D eigenvalue weighted by atomic mass is 32.2. The summed E-state index contributed by atoms with van der Waals surface area (Å²) in [6.45, 7) is 3.71. The largest absolute Gasteiger partial charge is 0.344 e. The average molecular weight is 439 g/mol. The normalized spacial score (nSPS) is 12.5. The molecule has 0 aliphatic heterocycles. The van der Waals surface area contributed by atoms with Crippen molar-refractivity contribution in [1.29, 1.82) is 0 Å². The molecule has 0 aromatic heterocycles. The second-order valence-corrected chi connectivity index (χ2v) is 9.91. The summed E-state index contributed by atoms with van der Waals surface area (Å²) in [5, 5.41) is 7.66. The number of nitrogens with one attached hydrogen (secondary N) is 2. The number of benzene rings is 3. The van der Waals surface area contributed by atoms with E-state index >= 15 is 0 Å². The van der Waals surface area contributed by atoms with Crippen LogP contribution in [0, 0.1) is 5.92 Å². The summed E-state index contributed by atoms with van der Waals surface area (Å²) in [6, 6.07) is 18.9. The molecule has 2 amide bonds. The minimum atomic E-state index is -3.31. The van der Waals surface area contributed by atoms with Crippen molar-refractivity contribution in [3.05, 3.63) is 72.3 Å². The molecule has 3 aromatic carbocycles. The third kappa shape index (κ3) is 5.70. The predicted octanol–water partition coefficient (Wildman–Crippen LogP) is 3.57. The molecule has 0 fully saturated rings. The van der Waals surface area contributed by atoms with Crippen LogP contribution in [0.4, 0.5) is 5.69 Å². The molecule has 3 aromatic rings. The fourth-order valence-corrected chi connectivity index (χ4v) is 4.01. The summed E-state index contributed by atoms with van der Waals surface area (Å²) in [5.41, 5.74) is 1.36. The molecule has 0 saturated carbocycles. The van der Waals surface area contributed by atoms with Gasteiger partial charge in [0.1, 0.15) is 6.04 Å². The van der Waals surface area contributed by atoms with Crippen LogP contribution in [0.15, 0.2) is 71.6 Å². The monoisotopic (exact) mass is 438 g/mol. The van der Waals surface area contributed by atoms with E-state index < -0.39 is 15.9 Å². The number of carbonyl (C=O) groups is 2. The lowest BCUT2D eigenvalue weighted by atomic mass is 10.00. The van der Waals surface area contributed by atoms with Gasteiger partial charge in [-0.15, -0.1) is 0 Å². The van der Waals surface area contributed by atoms with E-state index in [2.05, 4.69) is 10.6 Å². The van der Waals surface area contributed by atoms with Crippen LogP contribution in [-0.2, 0) is 25.8 Å². The number of hydrogen-bond donors (Lipinski definition) is 2. The molecule has 2 N–H and O–H groups in total. The summed E-state index contributed by atoms with van der Waals surface area (Å²) in [6.07, 6.45) is 1.29. The van der Waals surface area contributed by atoms with E-state index in [1.807, 2.05) is 56.3 Å². The van der Waals surface area contributed by atoms with E-state index in [4.69, 9.17) is 0 Å². The van der Waals surface area contributed by atoms with Crippen LogP contribution >= 0.6 is 0 Å². The Morgan fingerprint density at radius 2 is 1.55 bits per heavy atom. The lowest BCUT2D eigenvalue weighted by molar-refractivity contribution is -0.127. The highest BCUT2D eigenvalue weighted by Crippen LogP contribution is 2.19. The Bertz CT molecular complexity index is 1200. The first kappa shape index (κ1) is 22.5. The van der Waals surface area contributed by atoms with Gasteiger partial charge in [0, 0.05) is 11.9 Å². The summed E-state index contributed by atoms with van der Waals surface area (Å²) < 4.78 is 23.2. The highest BCUT2D eigenvalue weighted by Gasteiger charge is 2.24. The maximum atomic E-state index is 12.8. The Hall–Kier alpha value is -3.19. The first-order chi connectivity index (χ1) is 14.6. The van der Waals surface area contributed by atoms with Crippen molar-refractivity contribution in [3.63, 3.8) is 0 Å². The topological polar surface area (TPSA) is 92.3 Å². The van der Waals surface area contributed by atoms with Crippen molar-refractivity contribution < 1.29 is 18.0 Å². The quantitative estimate of drug-likeness (QED) is 0.590. The van der Waals surface area contributed by atoms with Crippen molar-refractivity contribution in [2.24, 2.45) is 5.92 Å². The molecule has 0 aliphatic carbocycles. The zero-order chi connectivity index (χ0) is 22.6. The Morgan fingerprint density at radius 1 is 0.903 bits per heavy atom. The number of carbonyl (C=O) groups excluding carboxylic acids is 2. The summed E-state index contributed by atoms with van der Waals surface area (Å²) in [7, 11) is -3.31. The number of sulfone groups is 1. The molecule has 0 bridgehead atoms. The smallest absolute Gasteiger partial charge is 0.247 e. The van der Waals surface area contributed by atoms with Crippen molar-refractivity contribution in [2.75, 3.05) is 11.6 Å². The van der Waals surface area contributed by atoms with Gasteiger partial charge in [-0.3, -0.25) is 9.59 Å². The molecule has 0 radical (unpaired) electrons. The van der Waals surface area contributed by atoms with E-state index in [-0.39, 0.29) is 29.0 Å². The number of fused-ring (bicyclic) bond motifs is 1. The molecule has 0 aliphatic rings. The number of anilines is 1. The van der Waals surface area contributed by atoms with E-state index in [1.165, 1.54) is 24.3 Å². The molecule has 1 unspecified atom stereocenters. The van der Waals surface area contributed by atoms with Crippen molar-refractivity contribution in [3.8, 4) is 0 Å². The summed E-state index contributed by atoms with van der Waals surface area (Å²) in [4.78, 5) is 25.7. The molecule has 6 nitrogen and oxygen atoms in total. The van der Waals surface area contributed by atoms with Crippen LogP contribution in [-0.4, -0.2) is 32.5 Å². The van der Waals surface area contributed by atoms with E-state index in [1.54, 1.807) is 0 Å². The lowest BCUT2D eigenvalue weighted by Crippen LogP contribution is -2.47. The molecule has 0 spiro atoms. The van der Waals surface area contributed by atoms with E-state index in [9.17, 15) is 18.0 Å². The Balaban J connectivity index is 1.70. The predicted molar refractivity (Wildman–Crippen MR) is 123 cm³/mol. The van der Waals surface area contributed by atoms with E-state index in [0.29, 0.717) is 5.69 Å². The molecular formula is C24H26N2O4S. The van der Waals surface area contributed by atoms with Gasteiger partial charge in [0.05, 0.1) is 11.3 Å². The average Bonchev–Trinajstić information content (AvgIpc) is 2.72. The third-order valence-corrected chi connectivity index (χ3v) is 6.18. The Morgan fingerprint density at radius 3 is 2.19 bits per heavy atom. The van der Waals surface area contributed by atoms with Crippen LogP contribution < -0.4 is 10.6 Å². The van der Waals surface area contributed by atoms with Gasteiger partial charge in [-0.25, -0.2) is 8.42 Å². The molecule has 162 valence electrons. The zero-order valence-electron chi connectivity index (χ0n) is 17.8. The van der Waals surface area contributed by atoms with Crippen molar-refractivity contribution >= 4 is 38.1 Å². The van der Waals surface area contributed by atoms with Gasteiger partial charge in [-0.05, 0) is 46.5 Å². The molecular weight excluding hydrogens is 412 g/mol. The molecule has 3 rings (SSSR count). The SMILES string of the molecule is CC(C)C(NC(=O)Cc1cccc2ccccc12)C(=O)Nc1ccc(S(C)(=O)=O)cc1. The second-order valence-electron chi connectivity index (χ2n) is 7.89. The lowest BCUT2D eigenvalue weighted by Gasteiger charge is -2.22. The van der Waals surface area contributed by atoms with Crippen LogP contribution in [0.2, 0.25) is 0 Å². The van der Waals surface area contributed by atoms with Gasteiger partial charge >= 0.3 is 0 Å². The van der Waals surface area contributed by atoms with E-state index in [0.717, 1.165) is 22.6 Å². The summed E-state index contributed by atoms with van der Waals surface area (Å²) in [5.74, 6) is -0.724. The van der Waals surface area contributed by atoms with Crippen LogP contribution in [0.3, 0.4) is 0 Å². The first-order valence-corrected chi connectivity index (χ1v) is 11.9. The first-order valence-electron chi connectivity index (χ1n) is 10.0. The van der Waals surface area contributed by atoms with Gasteiger partial charge in [0.25, 0.3) is 0 Å². The van der Waals surface area contributed by atoms with Gasteiger partial charge in [0.15, 0.2) is 9.84 Å². The maximum Gasteiger partial charge on any atom is 0.247 e. The molecule has 7 heteroatoms. The van der Waals surface area contributed by atoms with Crippen molar-refractivity contribution in [2.45, 2.75) is 31.2 Å². The standard InChI is InChI=1S/C24H26N2O4S/c1-16(2)23(24(28)25-19-11-13-20(14-12-19)31(3,29)30)26-22(27)15-18-9-6-8-17-7-4-5-10-21(17)18/h4-14,16,23H,15H2,1-3H3,(H,25,28)(H,26,27). The minimum absolute atomic E-state index is 0.133. The molecule has 0 heterocycles. The minimum Gasteiger partial charge on any atom is -0.344 e.